The van der Waals surface area contributed by atoms with E-state index in [9.17, 15) is 0 Å². The van der Waals surface area contributed by atoms with Gasteiger partial charge < -0.3 is 0 Å². The van der Waals surface area contributed by atoms with Crippen LogP contribution in [0.25, 0.3) is 0 Å². The summed E-state index contributed by atoms with van der Waals surface area (Å²) >= 11 is 4.90. The summed E-state index contributed by atoms with van der Waals surface area (Å²) in [7, 11) is 0. The van der Waals surface area contributed by atoms with Crippen LogP contribution in [-0.2, 0) is 0 Å². The van der Waals surface area contributed by atoms with Gasteiger partial charge in [0.2, 0.25) is 0 Å². The highest BCUT2D eigenvalue weighted by molar-refractivity contribution is 7.81. The van der Waals surface area contributed by atoms with Crippen molar-refractivity contribution in [2.45, 2.75) is 43.8 Å². The fourth-order valence-electron chi connectivity index (χ4n) is 4.14. The molecule has 1 heteroatoms. The standard InChI is InChI=1S/C11H18S/c1-11(12)9-3-7-2-8(5-9)6-10(11)4-7/h7-10,12H,2-6H2,1H3. The molecule has 0 spiro atoms. The van der Waals surface area contributed by atoms with Gasteiger partial charge in [0.25, 0.3) is 0 Å². The molecule has 0 aromatic carbocycles. The van der Waals surface area contributed by atoms with Gasteiger partial charge in [0, 0.05) is 4.75 Å². The molecule has 4 rings (SSSR count). The number of thiol groups is 1. The summed E-state index contributed by atoms with van der Waals surface area (Å²) in [5.74, 6) is 4.09. The molecule has 0 atom stereocenters. The molecule has 0 aliphatic heterocycles. The molecule has 0 radical (unpaired) electrons. The van der Waals surface area contributed by atoms with Crippen LogP contribution in [0.2, 0.25) is 0 Å². The monoisotopic (exact) mass is 182 g/mol. The van der Waals surface area contributed by atoms with E-state index < -0.39 is 0 Å². The lowest BCUT2D eigenvalue weighted by Crippen LogP contribution is -2.52. The molecular weight excluding hydrogens is 164 g/mol. The molecule has 0 N–H and O–H groups in total. The molecule has 4 saturated carbocycles. The van der Waals surface area contributed by atoms with Crippen molar-refractivity contribution in [3.8, 4) is 0 Å². The molecule has 4 aliphatic rings. The van der Waals surface area contributed by atoms with Crippen LogP contribution < -0.4 is 0 Å². The minimum atomic E-state index is 0.396. The molecule has 12 heavy (non-hydrogen) atoms. The van der Waals surface area contributed by atoms with Crippen molar-refractivity contribution in [2.75, 3.05) is 0 Å². The average molecular weight is 182 g/mol. The van der Waals surface area contributed by atoms with Gasteiger partial charge in [0.05, 0.1) is 0 Å². The van der Waals surface area contributed by atoms with Gasteiger partial charge in [0.1, 0.15) is 0 Å². The van der Waals surface area contributed by atoms with Gasteiger partial charge in [-0.1, -0.05) is 6.92 Å². The Morgan fingerprint density at radius 3 is 1.75 bits per heavy atom. The maximum absolute atomic E-state index is 4.90. The van der Waals surface area contributed by atoms with Gasteiger partial charge in [-0.2, -0.15) is 12.6 Å². The van der Waals surface area contributed by atoms with E-state index in [4.69, 9.17) is 12.6 Å². The van der Waals surface area contributed by atoms with Gasteiger partial charge in [0.15, 0.2) is 0 Å². The van der Waals surface area contributed by atoms with E-state index in [0.717, 1.165) is 23.7 Å². The van der Waals surface area contributed by atoms with Crippen LogP contribution in [0.5, 0.6) is 0 Å². The fourth-order valence-corrected chi connectivity index (χ4v) is 4.56. The molecular formula is C11H18S. The van der Waals surface area contributed by atoms with Crippen molar-refractivity contribution in [3.05, 3.63) is 0 Å². The number of hydrogen-bond acceptors (Lipinski definition) is 1. The summed E-state index contributed by atoms with van der Waals surface area (Å²) in [6.07, 6.45) is 7.52. The van der Waals surface area contributed by atoms with Gasteiger partial charge in [-0.3, -0.25) is 0 Å². The van der Waals surface area contributed by atoms with Crippen LogP contribution in [-0.4, -0.2) is 4.75 Å². The molecule has 4 aliphatic carbocycles. The first-order chi connectivity index (χ1) is 5.66. The Bertz CT molecular complexity index is 177. The van der Waals surface area contributed by atoms with Gasteiger partial charge in [-0.25, -0.2) is 0 Å². The van der Waals surface area contributed by atoms with Gasteiger partial charge in [-0.05, 0) is 55.8 Å². The first-order valence-corrected chi connectivity index (χ1v) is 5.83. The molecule has 0 aromatic heterocycles. The molecule has 68 valence electrons. The van der Waals surface area contributed by atoms with E-state index in [0.29, 0.717) is 4.75 Å². The second-order valence-corrected chi connectivity index (χ2v) is 6.49. The summed E-state index contributed by atoms with van der Waals surface area (Å²) in [6, 6.07) is 0. The lowest BCUT2D eigenvalue weighted by molar-refractivity contribution is -0.00880. The van der Waals surface area contributed by atoms with E-state index >= 15 is 0 Å². The van der Waals surface area contributed by atoms with Crippen molar-refractivity contribution in [1.82, 2.24) is 0 Å². The largest absolute Gasteiger partial charge is 0.172 e. The molecule has 0 saturated heterocycles. The Kier molecular flexibility index (Phi) is 1.44. The SMILES string of the molecule is CC1(S)C2CC3CC(C2)CC1C3. The van der Waals surface area contributed by atoms with Crippen molar-refractivity contribution < 1.29 is 0 Å². The summed E-state index contributed by atoms with van der Waals surface area (Å²) in [5.41, 5.74) is 0. The van der Waals surface area contributed by atoms with Crippen LogP contribution in [0.4, 0.5) is 0 Å². The van der Waals surface area contributed by atoms with Crippen molar-refractivity contribution in [2.24, 2.45) is 23.7 Å². The topological polar surface area (TPSA) is 0 Å². The molecule has 0 unspecified atom stereocenters. The van der Waals surface area contributed by atoms with E-state index in [2.05, 4.69) is 6.92 Å². The second-order valence-electron chi connectivity index (χ2n) is 5.53. The van der Waals surface area contributed by atoms with E-state index in [1.54, 1.807) is 6.42 Å². The summed E-state index contributed by atoms with van der Waals surface area (Å²) in [4.78, 5) is 0. The third-order valence-corrected chi connectivity index (χ3v) is 5.52. The highest BCUT2D eigenvalue weighted by atomic mass is 32.1. The lowest BCUT2D eigenvalue weighted by Gasteiger charge is -2.58. The maximum atomic E-state index is 4.90. The number of hydrogen-bond donors (Lipinski definition) is 1. The van der Waals surface area contributed by atoms with E-state index in [-0.39, 0.29) is 0 Å². The lowest BCUT2D eigenvalue weighted by atomic mass is 9.52. The van der Waals surface area contributed by atoms with Crippen LogP contribution in [0.15, 0.2) is 0 Å². The smallest absolute Gasteiger partial charge is 0.0158 e. The van der Waals surface area contributed by atoms with Gasteiger partial charge >= 0.3 is 0 Å². The third kappa shape index (κ3) is 0.865. The highest BCUT2D eigenvalue weighted by Crippen LogP contribution is 2.60. The Morgan fingerprint density at radius 1 is 0.917 bits per heavy atom. The zero-order valence-corrected chi connectivity index (χ0v) is 8.69. The highest BCUT2D eigenvalue weighted by Gasteiger charge is 2.52. The van der Waals surface area contributed by atoms with Crippen LogP contribution >= 0.6 is 12.6 Å². The zero-order valence-electron chi connectivity index (χ0n) is 7.79. The number of rotatable bonds is 0. The predicted molar refractivity (Wildman–Crippen MR) is 54.4 cm³/mol. The average Bonchev–Trinajstić information content (AvgIpc) is 1.99. The molecule has 4 fully saturated rings. The molecule has 0 amide bonds. The predicted octanol–water partition coefficient (Wildman–Crippen LogP) is 3.13. The molecule has 4 bridgehead atoms. The quantitative estimate of drug-likeness (QED) is 0.547. The van der Waals surface area contributed by atoms with Gasteiger partial charge in [-0.15, -0.1) is 0 Å². The summed E-state index contributed by atoms with van der Waals surface area (Å²) in [5, 5.41) is 0. The maximum Gasteiger partial charge on any atom is 0.0158 e. The molecule has 0 nitrogen and oxygen atoms in total. The van der Waals surface area contributed by atoms with Crippen LogP contribution in [0.3, 0.4) is 0 Å². The van der Waals surface area contributed by atoms with Crippen molar-refractivity contribution in [1.29, 1.82) is 0 Å². The van der Waals surface area contributed by atoms with E-state index in [1.807, 2.05) is 0 Å². The normalized spacial score (nSPS) is 62.5. The van der Waals surface area contributed by atoms with Crippen LogP contribution in [0, 0.1) is 23.7 Å². The summed E-state index contributed by atoms with van der Waals surface area (Å²) in [6.45, 7) is 2.39. The molecule has 0 heterocycles. The Labute approximate surface area is 80.5 Å². The summed E-state index contributed by atoms with van der Waals surface area (Å²) < 4.78 is 0.396. The Hall–Kier alpha value is 0.350. The molecule has 0 aromatic rings. The van der Waals surface area contributed by atoms with Crippen LogP contribution in [0.1, 0.15) is 39.0 Å². The zero-order chi connectivity index (χ0) is 8.34. The first kappa shape index (κ1) is 7.73. The fraction of sp³-hybridized carbons (Fsp3) is 1.00. The Morgan fingerprint density at radius 2 is 1.33 bits per heavy atom. The van der Waals surface area contributed by atoms with E-state index in [1.165, 1.54) is 25.7 Å². The third-order valence-electron chi connectivity index (χ3n) is 4.79. The second kappa shape index (κ2) is 2.23. The minimum absolute atomic E-state index is 0.396. The van der Waals surface area contributed by atoms with Crippen molar-refractivity contribution in [3.63, 3.8) is 0 Å². The Balaban J connectivity index is 1.96. The first-order valence-electron chi connectivity index (χ1n) is 5.38. The van der Waals surface area contributed by atoms with Crippen molar-refractivity contribution >= 4 is 12.6 Å². The minimum Gasteiger partial charge on any atom is -0.172 e.